The van der Waals surface area contributed by atoms with Crippen LogP contribution in [-0.4, -0.2) is 75.5 Å². The molecule has 0 unspecified atom stereocenters. The molecule has 0 saturated heterocycles. The number of unbranched alkanes of at least 4 members (excludes halogenated alkanes) is 6. The number of carbonyl (C=O) groups excluding carboxylic acids is 6. The number of phosphoric acid groups is 1. The number of benzene rings is 3. The molecule has 0 fully saturated rings. The van der Waals surface area contributed by atoms with Gasteiger partial charge in [-0.25, -0.2) is 28.8 Å². The Hall–Kier alpha value is -7.45. The highest BCUT2D eigenvalue weighted by Crippen LogP contribution is 2.53. The normalized spacial score (nSPS) is 10.9. The van der Waals surface area contributed by atoms with Crippen LogP contribution < -0.4 is 13.6 Å². The lowest BCUT2D eigenvalue weighted by Crippen LogP contribution is -2.13. The van der Waals surface area contributed by atoms with Gasteiger partial charge in [0.25, 0.3) is 0 Å². The van der Waals surface area contributed by atoms with Crippen LogP contribution in [0.3, 0.4) is 0 Å². The van der Waals surface area contributed by atoms with Crippen molar-refractivity contribution >= 4 is 43.6 Å². The van der Waals surface area contributed by atoms with Crippen LogP contribution in [0, 0.1) is 20.8 Å². The maximum absolute atomic E-state index is 16.1. The summed E-state index contributed by atoms with van der Waals surface area (Å²) in [4.78, 5) is 73.0. The van der Waals surface area contributed by atoms with Gasteiger partial charge in [0.1, 0.15) is 17.2 Å². The van der Waals surface area contributed by atoms with Gasteiger partial charge in [-0.1, -0.05) is 57.7 Å². The molecule has 3 aromatic rings. The molecule has 0 aliphatic rings. The predicted octanol–water partition coefficient (Wildman–Crippen LogP) is 14.9. The molecule has 470 valence electrons. The van der Waals surface area contributed by atoms with Gasteiger partial charge in [-0.05, 0) is 246 Å². The molecular weight excluding hydrogens is 1120 g/mol. The molecule has 0 bridgehead atoms. The quantitative estimate of drug-likeness (QED) is 0.0170. The first kappa shape index (κ1) is 72.8. The van der Waals surface area contributed by atoms with Crippen LogP contribution in [0.1, 0.15) is 169 Å². The highest BCUT2D eigenvalue weighted by atomic mass is 31.2. The first-order chi connectivity index (χ1) is 40.8. The van der Waals surface area contributed by atoms with Crippen LogP contribution in [0.2, 0.25) is 0 Å². The van der Waals surface area contributed by atoms with E-state index in [9.17, 15) is 28.8 Å². The Morgan fingerprint density at radius 3 is 0.686 bits per heavy atom. The van der Waals surface area contributed by atoms with Gasteiger partial charge in [0.2, 0.25) is 0 Å². The van der Waals surface area contributed by atoms with Crippen molar-refractivity contribution in [2.45, 2.75) is 178 Å². The lowest BCUT2D eigenvalue weighted by atomic mass is 9.93. The van der Waals surface area contributed by atoms with Crippen molar-refractivity contribution in [2.75, 3.05) is 39.6 Å². The first-order valence-corrected chi connectivity index (χ1v) is 31.2. The van der Waals surface area contributed by atoms with Crippen molar-refractivity contribution in [3.8, 4) is 17.2 Å². The van der Waals surface area contributed by atoms with Crippen molar-refractivity contribution in [1.29, 1.82) is 0 Å². The van der Waals surface area contributed by atoms with Gasteiger partial charge in [-0.2, -0.15) is 4.57 Å². The summed E-state index contributed by atoms with van der Waals surface area (Å²) in [5.74, 6) is -1.95. The van der Waals surface area contributed by atoms with E-state index in [0.717, 1.165) is 33.4 Å². The molecule has 0 aliphatic heterocycles. The number of hydrogen-bond acceptors (Lipinski definition) is 16. The van der Waals surface area contributed by atoms with Crippen LogP contribution in [0.4, 0.5) is 0 Å². The second-order valence-corrected chi connectivity index (χ2v) is 23.4. The molecule has 0 heterocycles. The van der Waals surface area contributed by atoms with E-state index in [1.54, 1.807) is 59.7 Å². The second kappa shape index (κ2) is 37.9. The fraction of sp³-hybridized carbons (Fsp3) is 0.478. The maximum Gasteiger partial charge on any atom is 0.647 e. The molecule has 0 atom stereocenters. The van der Waals surface area contributed by atoms with E-state index in [-0.39, 0.29) is 56.9 Å². The number of esters is 6. The molecular formula is C69H93O16P. The van der Waals surface area contributed by atoms with Crippen molar-refractivity contribution < 1.29 is 75.3 Å². The van der Waals surface area contributed by atoms with E-state index < -0.39 is 43.6 Å². The highest BCUT2D eigenvalue weighted by Gasteiger charge is 2.36. The summed E-state index contributed by atoms with van der Waals surface area (Å²) in [6, 6.07) is 11.1. The molecule has 0 saturated carbocycles. The van der Waals surface area contributed by atoms with E-state index in [1.165, 1.54) is 0 Å². The van der Waals surface area contributed by atoms with Crippen LogP contribution in [0.5, 0.6) is 17.2 Å². The lowest BCUT2D eigenvalue weighted by Gasteiger charge is -2.25. The van der Waals surface area contributed by atoms with Crippen molar-refractivity contribution in [3.63, 3.8) is 0 Å². The topological polar surface area (TPSA) is 203 Å². The van der Waals surface area contributed by atoms with Gasteiger partial charge in [0, 0.05) is 33.4 Å². The SMILES string of the molecule is C=C(C)C(=O)OCCCCc1ccc(OP(=O)(Oc2ccc(CCCCOC(=O)C(=C)C)c(CCCCOC(=O)C(=C)C)c2C)Oc2ccc(CCCCOC(=O)C(=C)C)c(CCCCOC(=O)C(=C)C)c2C)c(C)c1CCCCOC(=O)C(=C)C. The molecule has 0 radical (unpaired) electrons. The summed E-state index contributed by atoms with van der Waals surface area (Å²) in [6.07, 6.45) is 11.0. The number of carbonyl (C=O) groups is 6. The first-order valence-electron chi connectivity index (χ1n) is 29.7. The minimum absolute atomic E-state index is 0.197. The summed E-state index contributed by atoms with van der Waals surface area (Å²) >= 11 is 0. The third-order valence-corrected chi connectivity index (χ3v) is 15.3. The van der Waals surface area contributed by atoms with E-state index in [2.05, 4.69) is 39.5 Å². The van der Waals surface area contributed by atoms with Crippen LogP contribution in [0.15, 0.2) is 109 Å². The fourth-order valence-corrected chi connectivity index (χ4v) is 10.5. The third-order valence-electron chi connectivity index (χ3n) is 14.0. The molecule has 3 rings (SSSR count). The molecule has 17 heteroatoms. The zero-order valence-corrected chi connectivity index (χ0v) is 53.6. The van der Waals surface area contributed by atoms with Gasteiger partial charge >= 0.3 is 43.6 Å². The van der Waals surface area contributed by atoms with Crippen LogP contribution >= 0.6 is 7.82 Å². The Balaban J connectivity index is 2.21. The minimum Gasteiger partial charge on any atom is -0.462 e. The Labute approximate surface area is 511 Å². The van der Waals surface area contributed by atoms with E-state index in [1.807, 2.05) is 39.0 Å². The number of rotatable bonds is 42. The third kappa shape index (κ3) is 25.6. The Morgan fingerprint density at radius 1 is 0.314 bits per heavy atom. The molecule has 3 aromatic carbocycles. The Morgan fingerprint density at radius 2 is 0.500 bits per heavy atom. The summed E-state index contributed by atoms with van der Waals surface area (Å²) in [6.45, 7) is 38.6. The fourth-order valence-electron chi connectivity index (χ4n) is 9.03. The summed E-state index contributed by atoms with van der Waals surface area (Å²) < 4.78 is 68.5. The lowest BCUT2D eigenvalue weighted by molar-refractivity contribution is -0.139. The zero-order chi connectivity index (χ0) is 63.9. The smallest absolute Gasteiger partial charge is 0.462 e. The van der Waals surface area contributed by atoms with Crippen molar-refractivity contribution in [3.05, 3.63) is 159 Å². The summed E-state index contributed by atoms with van der Waals surface area (Å²) in [5, 5.41) is 0. The van der Waals surface area contributed by atoms with Gasteiger partial charge in [0.15, 0.2) is 0 Å². The average Bonchev–Trinajstić information content (AvgIpc) is 1.42. The monoisotopic (exact) mass is 1210 g/mol. The van der Waals surface area contributed by atoms with Gasteiger partial charge < -0.3 is 42.0 Å². The number of aryl methyl sites for hydroxylation is 3. The Kier molecular flexibility index (Phi) is 32.1. The van der Waals surface area contributed by atoms with Gasteiger partial charge in [-0.3, -0.25) is 0 Å². The highest BCUT2D eigenvalue weighted by molar-refractivity contribution is 7.49. The predicted molar refractivity (Wildman–Crippen MR) is 335 cm³/mol. The Bertz CT molecular complexity index is 2670. The zero-order valence-electron chi connectivity index (χ0n) is 52.7. The summed E-state index contributed by atoms with van der Waals surface area (Å²) in [7, 11) is -4.75. The van der Waals surface area contributed by atoms with Crippen molar-refractivity contribution in [1.82, 2.24) is 0 Å². The second-order valence-electron chi connectivity index (χ2n) is 21.9. The number of hydrogen-bond donors (Lipinski definition) is 0. The van der Waals surface area contributed by atoms with Crippen LogP contribution in [-0.2, 0) is 100 Å². The van der Waals surface area contributed by atoms with E-state index in [0.29, 0.717) is 166 Å². The molecule has 0 spiro atoms. The van der Waals surface area contributed by atoms with E-state index >= 15 is 4.57 Å². The van der Waals surface area contributed by atoms with E-state index in [4.69, 9.17) is 42.0 Å². The molecule has 0 N–H and O–H groups in total. The standard InChI is InChI=1S/C69H93O16P/c1-46(2)64(70)77-40-22-16-28-55-34-37-61(52(13)58(55)31-19-25-43-80-67(73)49(7)8)83-86(76,84-62-38-35-56(29-17-23-41-78-65(71)47(3)4)59(53(62)14)32-20-26-44-81-68(74)50(9)10)85-63-39-36-57(30-18-24-42-79-66(72)48(5)6)60(54(63)15)33-21-27-45-82-69(75)51(11)12/h34-39H,1,3,5,7,9,11,16-33,40-45H2,2,4,6,8,10,12-15H3. The van der Waals surface area contributed by atoms with Crippen LogP contribution in [0.25, 0.3) is 0 Å². The number of phosphoric ester groups is 1. The molecule has 16 nitrogen and oxygen atoms in total. The maximum atomic E-state index is 16.1. The van der Waals surface area contributed by atoms with Crippen molar-refractivity contribution in [2.24, 2.45) is 0 Å². The molecule has 0 amide bonds. The average molecular weight is 1210 g/mol. The molecule has 0 aliphatic carbocycles. The summed E-state index contributed by atoms with van der Waals surface area (Å²) in [5.41, 5.74) is 9.85. The van der Waals surface area contributed by atoms with Gasteiger partial charge in [0.05, 0.1) is 39.6 Å². The largest absolute Gasteiger partial charge is 0.647 e. The molecule has 0 aromatic heterocycles. The molecule has 86 heavy (non-hydrogen) atoms. The minimum atomic E-state index is -4.75. The van der Waals surface area contributed by atoms with Gasteiger partial charge in [-0.15, -0.1) is 0 Å². The number of ether oxygens (including phenoxy) is 6.